The van der Waals surface area contributed by atoms with Gasteiger partial charge in [0.1, 0.15) is 0 Å². The SMILES string of the molecule is Cc1c(NC2(C)CCCC2)cccc1[N+](=O)[O-]. The van der Waals surface area contributed by atoms with Gasteiger partial charge in [0, 0.05) is 22.9 Å². The third kappa shape index (κ3) is 2.40. The lowest BCUT2D eigenvalue weighted by atomic mass is 9.99. The Morgan fingerprint density at radius 1 is 1.35 bits per heavy atom. The Balaban J connectivity index is 2.27. The van der Waals surface area contributed by atoms with Crippen LogP contribution in [-0.4, -0.2) is 10.5 Å². The first-order valence-electron chi connectivity index (χ1n) is 6.04. The van der Waals surface area contributed by atoms with E-state index < -0.39 is 0 Å². The molecule has 0 bridgehead atoms. The fraction of sp³-hybridized carbons (Fsp3) is 0.538. The molecule has 1 aromatic rings. The molecule has 1 aromatic carbocycles. The molecular formula is C13H18N2O2. The monoisotopic (exact) mass is 234 g/mol. The number of benzene rings is 1. The number of nitro groups is 1. The fourth-order valence-electron chi connectivity index (χ4n) is 2.56. The molecule has 1 aliphatic rings. The summed E-state index contributed by atoms with van der Waals surface area (Å²) in [6.45, 7) is 4.00. The lowest BCUT2D eigenvalue weighted by molar-refractivity contribution is -0.385. The topological polar surface area (TPSA) is 55.2 Å². The van der Waals surface area contributed by atoms with E-state index in [0.717, 1.165) is 24.1 Å². The maximum Gasteiger partial charge on any atom is 0.274 e. The van der Waals surface area contributed by atoms with E-state index in [4.69, 9.17) is 0 Å². The summed E-state index contributed by atoms with van der Waals surface area (Å²) in [7, 11) is 0. The van der Waals surface area contributed by atoms with Crippen LogP contribution < -0.4 is 5.32 Å². The molecule has 0 heterocycles. The number of rotatable bonds is 3. The molecule has 1 fully saturated rings. The Morgan fingerprint density at radius 2 is 2.00 bits per heavy atom. The van der Waals surface area contributed by atoms with Crippen molar-refractivity contribution in [1.82, 2.24) is 0 Å². The van der Waals surface area contributed by atoms with Crippen LogP contribution in [0.1, 0.15) is 38.2 Å². The summed E-state index contributed by atoms with van der Waals surface area (Å²) in [5.74, 6) is 0. The minimum atomic E-state index is -0.322. The largest absolute Gasteiger partial charge is 0.379 e. The Labute approximate surface area is 101 Å². The van der Waals surface area contributed by atoms with Gasteiger partial charge in [-0.3, -0.25) is 10.1 Å². The summed E-state index contributed by atoms with van der Waals surface area (Å²) in [4.78, 5) is 10.5. The maximum atomic E-state index is 10.9. The van der Waals surface area contributed by atoms with Crippen LogP contribution in [0, 0.1) is 17.0 Å². The molecule has 0 aliphatic heterocycles. The van der Waals surface area contributed by atoms with E-state index in [2.05, 4.69) is 12.2 Å². The molecule has 0 amide bonds. The van der Waals surface area contributed by atoms with Crippen molar-refractivity contribution < 1.29 is 4.92 Å². The summed E-state index contributed by atoms with van der Waals surface area (Å²) in [5, 5.41) is 14.3. The lowest BCUT2D eigenvalue weighted by Gasteiger charge is -2.27. The number of nitrogens with one attached hydrogen (secondary N) is 1. The molecule has 1 aliphatic carbocycles. The van der Waals surface area contributed by atoms with Crippen LogP contribution >= 0.6 is 0 Å². The molecule has 4 heteroatoms. The Hall–Kier alpha value is -1.58. The standard InChI is InChI=1S/C13H18N2O2/c1-10-11(6-5-7-12(10)15(16)17)14-13(2)8-3-4-9-13/h5-7,14H,3-4,8-9H2,1-2H3. The summed E-state index contributed by atoms with van der Waals surface area (Å²) in [5.41, 5.74) is 1.91. The van der Waals surface area contributed by atoms with Crippen LogP contribution in [0.5, 0.6) is 0 Å². The molecule has 92 valence electrons. The molecule has 17 heavy (non-hydrogen) atoms. The zero-order valence-electron chi connectivity index (χ0n) is 10.3. The Morgan fingerprint density at radius 3 is 2.59 bits per heavy atom. The Bertz CT molecular complexity index is 437. The van der Waals surface area contributed by atoms with Crippen LogP contribution in [0.3, 0.4) is 0 Å². The summed E-state index contributed by atoms with van der Waals surface area (Å²) < 4.78 is 0. The number of nitro benzene ring substituents is 1. The van der Waals surface area contributed by atoms with Gasteiger partial charge in [0.05, 0.1) is 4.92 Å². The molecule has 0 radical (unpaired) electrons. The normalized spacial score (nSPS) is 18.0. The van der Waals surface area contributed by atoms with Crippen molar-refractivity contribution in [2.24, 2.45) is 0 Å². The molecule has 1 saturated carbocycles. The van der Waals surface area contributed by atoms with Crippen LogP contribution in [0.25, 0.3) is 0 Å². The number of hydrogen-bond acceptors (Lipinski definition) is 3. The van der Waals surface area contributed by atoms with Gasteiger partial charge >= 0.3 is 0 Å². The van der Waals surface area contributed by atoms with Gasteiger partial charge in [0.25, 0.3) is 5.69 Å². The number of nitrogens with zero attached hydrogens (tertiary/aromatic N) is 1. The molecule has 0 unspecified atom stereocenters. The van der Waals surface area contributed by atoms with Gasteiger partial charge in [-0.25, -0.2) is 0 Å². The van der Waals surface area contributed by atoms with Gasteiger partial charge in [-0.05, 0) is 32.8 Å². The average Bonchev–Trinajstić information content (AvgIpc) is 2.68. The predicted octanol–water partition coefficient (Wildman–Crippen LogP) is 3.65. The second kappa shape index (κ2) is 4.35. The van der Waals surface area contributed by atoms with Crippen LogP contribution in [0.4, 0.5) is 11.4 Å². The fourth-order valence-corrected chi connectivity index (χ4v) is 2.56. The van der Waals surface area contributed by atoms with Crippen LogP contribution in [0.15, 0.2) is 18.2 Å². The van der Waals surface area contributed by atoms with Gasteiger partial charge in [-0.2, -0.15) is 0 Å². The average molecular weight is 234 g/mol. The highest BCUT2D eigenvalue weighted by molar-refractivity contribution is 5.60. The molecule has 0 saturated heterocycles. The molecular weight excluding hydrogens is 216 g/mol. The van der Waals surface area contributed by atoms with Crippen molar-refractivity contribution in [2.75, 3.05) is 5.32 Å². The van der Waals surface area contributed by atoms with Crippen molar-refractivity contribution in [3.05, 3.63) is 33.9 Å². The van der Waals surface area contributed by atoms with Crippen molar-refractivity contribution in [2.45, 2.75) is 45.1 Å². The molecule has 1 N–H and O–H groups in total. The van der Waals surface area contributed by atoms with Crippen molar-refractivity contribution in [1.29, 1.82) is 0 Å². The van der Waals surface area contributed by atoms with E-state index in [-0.39, 0.29) is 16.1 Å². The smallest absolute Gasteiger partial charge is 0.274 e. The van der Waals surface area contributed by atoms with Crippen molar-refractivity contribution in [3.63, 3.8) is 0 Å². The van der Waals surface area contributed by atoms with Crippen LogP contribution in [-0.2, 0) is 0 Å². The zero-order chi connectivity index (χ0) is 12.5. The molecule has 4 nitrogen and oxygen atoms in total. The lowest BCUT2D eigenvalue weighted by Crippen LogP contribution is -2.31. The summed E-state index contributed by atoms with van der Waals surface area (Å²) in [6, 6.07) is 5.22. The first kappa shape index (κ1) is 11.9. The van der Waals surface area contributed by atoms with E-state index in [1.807, 2.05) is 6.07 Å². The predicted molar refractivity (Wildman–Crippen MR) is 68.3 cm³/mol. The van der Waals surface area contributed by atoms with E-state index >= 15 is 0 Å². The third-order valence-electron chi connectivity index (χ3n) is 3.65. The van der Waals surface area contributed by atoms with E-state index in [1.54, 1.807) is 19.1 Å². The first-order chi connectivity index (χ1) is 8.02. The highest BCUT2D eigenvalue weighted by atomic mass is 16.6. The highest BCUT2D eigenvalue weighted by Gasteiger charge is 2.29. The highest BCUT2D eigenvalue weighted by Crippen LogP contribution is 2.35. The third-order valence-corrected chi connectivity index (χ3v) is 3.65. The molecule has 0 spiro atoms. The van der Waals surface area contributed by atoms with Gasteiger partial charge in [-0.1, -0.05) is 18.9 Å². The van der Waals surface area contributed by atoms with Crippen molar-refractivity contribution >= 4 is 11.4 Å². The quantitative estimate of drug-likeness (QED) is 0.641. The van der Waals surface area contributed by atoms with E-state index in [0.29, 0.717) is 0 Å². The number of anilines is 1. The molecule has 0 aromatic heterocycles. The summed E-state index contributed by atoms with van der Waals surface area (Å²) in [6.07, 6.45) is 4.74. The van der Waals surface area contributed by atoms with Gasteiger partial charge in [0.15, 0.2) is 0 Å². The van der Waals surface area contributed by atoms with Crippen molar-refractivity contribution in [3.8, 4) is 0 Å². The van der Waals surface area contributed by atoms with Crippen LogP contribution in [0.2, 0.25) is 0 Å². The maximum absolute atomic E-state index is 10.9. The minimum Gasteiger partial charge on any atom is -0.379 e. The van der Waals surface area contributed by atoms with Gasteiger partial charge in [-0.15, -0.1) is 0 Å². The zero-order valence-corrected chi connectivity index (χ0v) is 10.3. The summed E-state index contributed by atoms with van der Waals surface area (Å²) >= 11 is 0. The van der Waals surface area contributed by atoms with Gasteiger partial charge in [0.2, 0.25) is 0 Å². The molecule has 0 atom stereocenters. The van der Waals surface area contributed by atoms with E-state index in [9.17, 15) is 10.1 Å². The van der Waals surface area contributed by atoms with E-state index in [1.165, 1.54) is 12.8 Å². The first-order valence-corrected chi connectivity index (χ1v) is 6.04. The van der Waals surface area contributed by atoms with Gasteiger partial charge < -0.3 is 5.32 Å². The second-order valence-corrected chi connectivity index (χ2v) is 5.10. The second-order valence-electron chi connectivity index (χ2n) is 5.10. The molecule has 2 rings (SSSR count). The number of hydrogen-bond donors (Lipinski definition) is 1. The Kier molecular flexibility index (Phi) is 3.05. The minimum absolute atomic E-state index is 0.0972.